The first-order valence-corrected chi connectivity index (χ1v) is 28.0. The molecule has 0 spiro atoms. The van der Waals surface area contributed by atoms with Gasteiger partial charge in [-0.1, -0.05) is 221 Å². The summed E-state index contributed by atoms with van der Waals surface area (Å²) in [5.74, 6) is -0.185. The van der Waals surface area contributed by atoms with Crippen LogP contribution in [0.2, 0.25) is 0 Å². The molecule has 0 bridgehead atoms. The van der Waals surface area contributed by atoms with E-state index in [4.69, 9.17) is 9.05 Å². The van der Waals surface area contributed by atoms with Crippen molar-refractivity contribution < 1.29 is 32.9 Å². The zero-order chi connectivity index (χ0) is 47.8. The van der Waals surface area contributed by atoms with E-state index in [1.807, 2.05) is 27.2 Å². The van der Waals surface area contributed by atoms with Crippen molar-refractivity contribution in [3.05, 3.63) is 85.1 Å². The van der Waals surface area contributed by atoms with E-state index < -0.39 is 20.0 Å². The second kappa shape index (κ2) is 46.8. The molecular formula is C56H102N2O6P+. The minimum absolute atomic E-state index is 0.0571. The summed E-state index contributed by atoms with van der Waals surface area (Å²) in [4.78, 5) is 23.2. The summed E-state index contributed by atoms with van der Waals surface area (Å²) in [5.41, 5.74) is 0. The number of carbonyl (C=O) groups is 1. The SMILES string of the molecule is CC/C=C\C/C=C\C/C=C\C/C=C\C/C=C\C/C=C\CCCCCCCCCCCCC(=O)NC(COP(=O)(O)OCC[N+](C)(C)C)C(O)/C=C/CCCCCCCCCCCCCC. The first-order valence-electron chi connectivity index (χ1n) is 26.5. The van der Waals surface area contributed by atoms with Crippen LogP contribution in [0.5, 0.6) is 0 Å². The lowest BCUT2D eigenvalue weighted by molar-refractivity contribution is -0.870. The number of allylic oxidation sites excluding steroid dienone is 13. The number of unbranched alkanes of at least 4 members (excludes halogenated alkanes) is 22. The van der Waals surface area contributed by atoms with Crippen LogP contribution in [0.1, 0.15) is 213 Å². The van der Waals surface area contributed by atoms with Gasteiger partial charge < -0.3 is 19.8 Å². The summed E-state index contributed by atoms with van der Waals surface area (Å²) in [5, 5.41) is 13.9. The molecule has 8 nitrogen and oxygen atoms in total. The molecule has 0 saturated carbocycles. The van der Waals surface area contributed by atoms with Crippen molar-refractivity contribution in [1.29, 1.82) is 0 Å². The number of rotatable bonds is 47. The van der Waals surface area contributed by atoms with E-state index in [-0.39, 0.29) is 19.1 Å². The van der Waals surface area contributed by atoms with Gasteiger partial charge in [0.05, 0.1) is 39.9 Å². The Morgan fingerprint density at radius 3 is 1.35 bits per heavy atom. The number of likely N-dealkylation sites (N-methyl/N-ethyl adjacent to an activating group) is 1. The molecular weight excluding hydrogens is 828 g/mol. The Hall–Kier alpha value is -2.32. The standard InChI is InChI=1S/C56H101N2O6P/c1-6-8-10-12-14-16-18-20-22-23-24-25-26-27-28-29-30-31-32-33-34-35-36-38-40-42-44-46-48-50-56(60)57-54(53-64-65(61,62)63-52-51-58(3,4)5)55(59)49-47-45-43-41-39-37-21-19-17-15-13-11-9-7-2/h8,10,14,16,20,22,24-25,27-28,30-31,47,49,54-55,59H,6-7,9,11-13,15,17-19,21,23,26,29,32-46,48,50-53H2,1-5H3,(H-,57,60,61,62)/p+1/b10-8-,16-14-,22-20-,25-24-,28-27-,31-30-,49-47+. The lowest BCUT2D eigenvalue weighted by Crippen LogP contribution is -2.45. The molecule has 3 atom stereocenters. The average molecular weight is 930 g/mol. The van der Waals surface area contributed by atoms with Crippen LogP contribution in [-0.2, 0) is 18.4 Å². The van der Waals surface area contributed by atoms with Crippen molar-refractivity contribution in [2.75, 3.05) is 40.9 Å². The zero-order valence-corrected chi connectivity index (χ0v) is 43.6. The molecule has 0 aliphatic heterocycles. The van der Waals surface area contributed by atoms with Gasteiger partial charge in [-0.15, -0.1) is 0 Å². The number of aliphatic hydroxyl groups excluding tert-OH is 1. The summed E-state index contributed by atoms with van der Waals surface area (Å²) in [6.45, 7) is 4.69. The Morgan fingerprint density at radius 2 is 0.923 bits per heavy atom. The van der Waals surface area contributed by atoms with Gasteiger partial charge >= 0.3 is 7.82 Å². The lowest BCUT2D eigenvalue weighted by atomic mass is 10.0. The number of amides is 1. The maximum atomic E-state index is 12.9. The third kappa shape index (κ3) is 49.4. The number of hydrogen-bond acceptors (Lipinski definition) is 5. The number of quaternary nitrogens is 1. The third-order valence-corrected chi connectivity index (χ3v) is 12.4. The molecule has 3 unspecified atom stereocenters. The van der Waals surface area contributed by atoms with Crippen LogP contribution in [0.25, 0.3) is 0 Å². The second-order valence-corrected chi connectivity index (χ2v) is 20.3. The predicted octanol–water partition coefficient (Wildman–Crippen LogP) is 15.7. The molecule has 0 aliphatic rings. The summed E-state index contributed by atoms with van der Waals surface area (Å²) in [6.07, 6.45) is 65.2. The number of phosphoric ester groups is 1. The van der Waals surface area contributed by atoms with Gasteiger partial charge in [-0.3, -0.25) is 13.8 Å². The highest BCUT2D eigenvalue weighted by Crippen LogP contribution is 2.43. The first kappa shape index (κ1) is 62.7. The summed E-state index contributed by atoms with van der Waals surface area (Å²) < 4.78 is 23.6. The molecule has 0 aliphatic carbocycles. The van der Waals surface area contributed by atoms with Crippen LogP contribution in [-0.4, -0.2) is 73.4 Å². The van der Waals surface area contributed by atoms with Crippen LogP contribution in [0.3, 0.4) is 0 Å². The number of nitrogens with one attached hydrogen (secondary N) is 1. The smallest absolute Gasteiger partial charge is 0.387 e. The van der Waals surface area contributed by atoms with E-state index in [9.17, 15) is 19.4 Å². The quantitative estimate of drug-likeness (QED) is 0.0243. The normalized spacial score (nSPS) is 14.8. The van der Waals surface area contributed by atoms with Gasteiger partial charge in [0.2, 0.25) is 5.91 Å². The molecule has 0 saturated heterocycles. The monoisotopic (exact) mass is 930 g/mol. The number of phosphoric acid groups is 1. The van der Waals surface area contributed by atoms with E-state index in [0.717, 1.165) is 83.5 Å². The van der Waals surface area contributed by atoms with E-state index in [1.54, 1.807) is 6.08 Å². The Kier molecular flexibility index (Phi) is 45.1. The van der Waals surface area contributed by atoms with Crippen LogP contribution in [0.15, 0.2) is 85.1 Å². The number of nitrogens with zero attached hydrogens (tertiary/aromatic N) is 1. The summed E-state index contributed by atoms with van der Waals surface area (Å²) in [6, 6.07) is -0.853. The molecule has 0 aromatic rings. The molecule has 9 heteroatoms. The van der Waals surface area contributed by atoms with Crippen molar-refractivity contribution in [3.63, 3.8) is 0 Å². The third-order valence-electron chi connectivity index (χ3n) is 11.4. The van der Waals surface area contributed by atoms with Crippen LogP contribution in [0.4, 0.5) is 0 Å². The first-order chi connectivity index (χ1) is 31.5. The highest BCUT2D eigenvalue weighted by molar-refractivity contribution is 7.47. The number of carbonyl (C=O) groups excluding carboxylic acids is 1. The molecule has 0 aromatic carbocycles. The van der Waals surface area contributed by atoms with Gasteiger partial charge in [0.15, 0.2) is 0 Å². The minimum atomic E-state index is -4.35. The molecule has 65 heavy (non-hydrogen) atoms. The largest absolute Gasteiger partial charge is 0.472 e. The number of hydrogen-bond donors (Lipinski definition) is 3. The summed E-state index contributed by atoms with van der Waals surface area (Å²) in [7, 11) is 1.56. The van der Waals surface area contributed by atoms with Crippen LogP contribution in [0, 0.1) is 0 Å². The van der Waals surface area contributed by atoms with E-state index in [0.29, 0.717) is 17.4 Å². The summed E-state index contributed by atoms with van der Waals surface area (Å²) >= 11 is 0. The second-order valence-electron chi connectivity index (χ2n) is 18.9. The minimum Gasteiger partial charge on any atom is -0.387 e. The van der Waals surface area contributed by atoms with Crippen molar-refractivity contribution in [2.45, 2.75) is 225 Å². The molecule has 0 aromatic heterocycles. The molecule has 0 heterocycles. The average Bonchev–Trinajstić information content (AvgIpc) is 3.26. The molecule has 0 radical (unpaired) electrons. The van der Waals surface area contributed by atoms with E-state index in [2.05, 4.69) is 92.1 Å². The maximum Gasteiger partial charge on any atom is 0.472 e. The van der Waals surface area contributed by atoms with Gasteiger partial charge in [-0.05, 0) is 70.6 Å². The highest BCUT2D eigenvalue weighted by atomic mass is 31.2. The van der Waals surface area contributed by atoms with Crippen molar-refractivity contribution >= 4 is 13.7 Å². The fourth-order valence-corrected chi connectivity index (χ4v) is 7.96. The fraction of sp³-hybridized carbons (Fsp3) is 0.732. The fourth-order valence-electron chi connectivity index (χ4n) is 7.22. The topological polar surface area (TPSA) is 105 Å². The van der Waals surface area contributed by atoms with Crippen molar-refractivity contribution in [1.82, 2.24) is 5.32 Å². The lowest BCUT2D eigenvalue weighted by Gasteiger charge is -2.25. The molecule has 376 valence electrons. The molecule has 0 rings (SSSR count). The van der Waals surface area contributed by atoms with Crippen molar-refractivity contribution in [3.8, 4) is 0 Å². The van der Waals surface area contributed by atoms with E-state index >= 15 is 0 Å². The Morgan fingerprint density at radius 1 is 0.538 bits per heavy atom. The van der Waals surface area contributed by atoms with Gasteiger partial charge in [0, 0.05) is 6.42 Å². The van der Waals surface area contributed by atoms with Crippen LogP contribution >= 0.6 is 7.82 Å². The van der Waals surface area contributed by atoms with Gasteiger partial charge in [-0.2, -0.15) is 0 Å². The Labute approximate surface area is 401 Å². The maximum absolute atomic E-state index is 12.9. The Balaban J connectivity index is 4.22. The van der Waals surface area contributed by atoms with E-state index in [1.165, 1.54) is 109 Å². The van der Waals surface area contributed by atoms with Crippen LogP contribution < -0.4 is 5.32 Å². The Bertz CT molecular complexity index is 1330. The highest BCUT2D eigenvalue weighted by Gasteiger charge is 2.27. The zero-order valence-electron chi connectivity index (χ0n) is 42.7. The molecule has 3 N–H and O–H groups in total. The predicted molar refractivity (Wildman–Crippen MR) is 281 cm³/mol. The number of aliphatic hydroxyl groups is 1. The van der Waals surface area contributed by atoms with Gasteiger partial charge in [0.25, 0.3) is 0 Å². The molecule has 1 amide bonds. The molecule has 0 fully saturated rings. The van der Waals surface area contributed by atoms with Gasteiger partial charge in [-0.25, -0.2) is 4.57 Å². The van der Waals surface area contributed by atoms with Crippen molar-refractivity contribution in [2.24, 2.45) is 0 Å². The van der Waals surface area contributed by atoms with Gasteiger partial charge in [0.1, 0.15) is 13.2 Å².